The van der Waals surface area contributed by atoms with Crippen LogP contribution in [0.15, 0.2) is 42.5 Å². The fourth-order valence-electron chi connectivity index (χ4n) is 2.53. The number of Topliss-reactive ketones (excluding diaryl/α,β-unsaturated/α-hetero) is 1. The maximum Gasteiger partial charge on any atom is 0.137 e. The Morgan fingerprint density at radius 1 is 1.00 bits per heavy atom. The lowest BCUT2D eigenvalue weighted by Gasteiger charge is -2.13. The number of hydrogen-bond acceptors (Lipinski definition) is 2. The van der Waals surface area contributed by atoms with Crippen molar-refractivity contribution in [3.8, 4) is 5.75 Å². The van der Waals surface area contributed by atoms with Gasteiger partial charge < -0.3 is 4.74 Å². The molecular weight excluding hydrogens is 236 g/mol. The molecule has 0 bridgehead atoms. The standard InChI is InChI=1S/C17H16O2/c1-19-17-9-6-14-10-13(2-3-15(14)11-17)12-4-7-16(18)8-5-12/h2-4,6,9-11H,5,7-8H2,1H3. The highest BCUT2D eigenvalue weighted by molar-refractivity contribution is 5.90. The normalized spacial score (nSPS) is 15.4. The van der Waals surface area contributed by atoms with Gasteiger partial charge in [-0.15, -0.1) is 0 Å². The first kappa shape index (κ1) is 12.0. The van der Waals surface area contributed by atoms with Crippen LogP contribution in [0.25, 0.3) is 16.3 Å². The van der Waals surface area contributed by atoms with E-state index >= 15 is 0 Å². The molecule has 0 saturated heterocycles. The molecule has 0 heterocycles. The van der Waals surface area contributed by atoms with Crippen LogP contribution in [0.4, 0.5) is 0 Å². The van der Waals surface area contributed by atoms with Gasteiger partial charge in [0.2, 0.25) is 0 Å². The lowest BCUT2D eigenvalue weighted by molar-refractivity contribution is -0.118. The molecule has 2 aromatic carbocycles. The second kappa shape index (κ2) is 4.88. The maximum atomic E-state index is 11.3. The van der Waals surface area contributed by atoms with E-state index in [0.29, 0.717) is 18.6 Å². The number of ketones is 1. The molecule has 0 amide bonds. The molecule has 0 N–H and O–H groups in total. The monoisotopic (exact) mass is 252 g/mol. The van der Waals surface area contributed by atoms with E-state index in [1.807, 2.05) is 12.1 Å². The van der Waals surface area contributed by atoms with E-state index in [9.17, 15) is 4.79 Å². The topological polar surface area (TPSA) is 26.3 Å². The number of benzene rings is 2. The molecule has 0 unspecified atom stereocenters. The number of allylic oxidation sites excluding steroid dienone is 2. The Kier molecular flexibility index (Phi) is 3.08. The fraction of sp³-hybridized carbons (Fsp3) is 0.235. The van der Waals surface area contributed by atoms with Crippen molar-refractivity contribution in [1.29, 1.82) is 0 Å². The van der Waals surface area contributed by atoms with E-state index in [1.54, 1.807) is 7.11 Å². The number of rotatable bonds is 2. The molecule has 3 rings (SSSR count). The number of methoxy groups -OCH3 is 1. The number of carbonyl (C=O) groups is 1. The summed E-state index contributed by atoms with van der Waals surface area (Å²) >= 11 is 0. The largest absolute Gasteiger partial charge is 0.497 e. The molecule has 2 nitrogen and oxygen atoms in total. The molecule has 0 aromatic heterocycles. The summed E-state index contributed by atoms with van der Waals surface area (Å²) in [5.74, 6) is 1.22. The number of hydrogen-bond donors (Lipinski definition) is 0. The van der Waals surface area contributed by atoms with E-state index in [4.69, 9.17) is 4.74 Å². The van der Waals surface area contributed by atoms with Gasteiger partial charge in [-0.2, -0.15) is 0 Å². The second-order valence-electron chi connectivity index (χ2n) is 4.90. The second-order valence-corrected chi connectivity index (χ2v) is 4.90. The van der Waals surface area contributed by atoms with Crippen LogP contribution in [0.5, 0.6) is 5.75 Å². The van der Waals surface area contributed by atoms with E-state index in [2.05, 4.69) is 30.3 Å². The van der Waals surface area contributed by atoms with Crippen molar-refractivity contribution in [1.82, 2.24) is 0 Å². The van der Waals surface area contributed by atoms with Crippen LogP contribution in [0.2, 0.25) is 0 Å². The van der Waals surface area contributed by atoms with Crippen molar-refractivity contribution >= 4 is 22.1 Å². The summed E-state index contributed by atoms with van der Waals surface area (Å²) in [6.07, 6.45) is 4.18. The summed E-state index contributed by atoms with van der Waals surface area (Å²) in [4.78, 5) is 11.3. The van der Waals surface area contributed by atoms with Crippen LogP contribution >= 0.6 is 0 Å². The highest BCUT2D eigenvalue weighted by Crippen LogP contribution is 2.29. The summed E-state index contributed by atoms with van der Waals surface area (Å²) < 4.78 is 5.23. The molecule has 0 radical (unpaired) electrons. The average Bonchev–Trinajstić information content (AvgIpc) is 2.47. The summed E-state index contributed by atoms with van der Waals surface area (Å²) in [7, 11) is 1.68. The van der Waals surface area contributed by atoms with Crippen molar-refractivity contribution in [3.63, 3.8) is 0 Å². The molecule has 0 fully saturated rings. The van der Waals surface area contributed by atoms with Gasteiger partial charge in [0.25, 0.3) is 0 Å². The van der Waals surface area contributed by atoms with Crippen molar-refractivity contribution in [2.24, 2.45) is 0 Å². The summed E-state index contributed by atoms with van der Waals surface area (Å²) in [5.41, 5.74) is 2.52. The fourth-order valence-corrected chi connectivity index (χ4v) is 2.53. The molecule has 0 atom stereocenters. The Balaban J connectivity index is 2.00. The molecule has 1 aliphatic carbocycles. The third-order valence-electron chi connectivity index (χ3n) is 3.67. The van der Waals surface area contributed by atoms with E-state index < -0.39 is 0 Å². The predicted octanol–water partition coefficient (Wildman–Crippen LogP) is 3.98. The van der Waals surface area contributed by atoms with Crippen molar-refractivity contribution in [2.45, 2.75) is 19.3 Å². The van der Waals surface area contributed by atoms with E-state index in [1.165, 1.54) is 21.9 Å². The minimum absolute atomic E-state index is 0.342. The zero-order valence-electron chi connectivity index (χ0n) is 11.0. The lowest BCUT2D eigenvalue weighted by atomic mass is 9.92. The molecule has 0 aliphatic heterocycles. The van der Waals surface area contributed by atoms with Gasteiger partial charge in [0, 0.05) is 12.8 Å². The smallest absolute Gasteiger partial charge is 0.137 e. The molecule has 19 heavy (non-hydrogen) atoms. The van der Waals surface area contributed by atoms with Crippen molar-refractivity contribution < 1.29 is 9.53 Å². The van der Waals surface area contributed by atoms with Gasteiger partial charge in [0.15, 0.2) is 0 Å². The minimum atomic E-state index is 0.342. The van der Waals surface area contributed by atoms with Crippen LogP contribution in [0.3, 0.4) is 0 Å². The highest BCUT2D eigenvalue weighted by Gasteiger charge is 2.12. The minimum Gasteiger partial charge on any atom is -0.497 e. The Morgan fingerprint density at radius 2 is 1.79 bits per heavy atom. The zero-order chi connectivity index (χ0) is 13.2. The first-order chi connectivity index (χ1) is 9.26. The molecule has 0 saturated carbocycles. The highest BCUT2D eigenvalue weighted by atomic mass is 16.5. The maximum absolute atomic E-state index is 11.3. The third-order valence-corrected chi connectivity index (χ3v) is 3.67. The van der Waals surface area contributed by atoms with Gasteiger partial charge in [-0.05, 0) is 46.5 Å². The summed E-state index contributed by atoms with van der Waals surface area (Å²) in [6.45, 7) is 0. The molecule has 96 valence electrons. The van der Waals surface area contributed by atoms with E-state index in [0.717, 1.165) is 12.2 Å². The van der Waals surface area contributed by atoms with Crippen LogP contribution in [0, 0.1) is 0 Å². The number of carbonyl (C=O) groups excluding carboxylic acids is 1. The first-order valence-corrected chi connectivity index (χ1v) is 6.55. The Morgan fingerprint density at radius 3 is 2.53 bits per heavy atom. The Bertz CT molecular complexity index is 668. The zero-order valence-corrected chi connectivity index (χ0v) is 11.0. The third kappa shape index (κ3) is 2.39. The predicted molar refractivity (Wildman–Crippen MR) is 77.3 cm³/mol. The van der Waals surface area contributed by atoms with Gasteiger partial charge in [-0.1, -0.05) is 24.3 Å². The van der Waals surface area contributed by atoms with Crippen LogP contribution in [-0.2, 0) is 4.79 Å². The molecule has 2 heteroatoms. The van der Waals surface area contributed by atoms with Gasteiger partial charge >= 0.3 is 0 Å². The van der Waals surface area contributed by atoms with Gasteiger partial charge in [-0.25, -0.2) is 0 Å². The van der Waals surface area contributed by atoms with Crippen LogP contribution in [-0.4, -0.2) is 12.9 Å². The summed E-state index contributed by atoms with van der Waals surface area (Å²) in [6, 6.07) is 12.5. The number of fused-ring (bicyclic) bond motifs is 1. The molecule has 0 spiro atoms. The van der Waals surface area contributed by atoms with Crippen molar-refractivity contribution in [3.05, 3.63) is 48.0 Å². The molecule has 2 aromatic rings. The molecular formula is C17H16O2. The van der Waals surface area contributed by atoms with E-state index in [-0.39, 0.29) is 0 Å². The van der Waals surface area contributed by atoms with Gasteiger partial charge in [0.1, 0.15) is 11.5 Å². The van der Waals surface area contributed by atoms with Crippen molar-refractivity contribution in [2.75, 3.05) is 7.11 Å². The lowest BCUT2D eigenvalue weighted by Crippen LogP contribution is -2.02. The van der Waals surface area contributed by atoms with Crippen LogP contribution < -0.4 is 4.74 Å². The Hall–Kier alpha value is -2.09. The SMILES string of the molecule is COc1ccc2cc(C3=CCC(=O)CC3)ccc2c1. The molecule has 1 aliphatic rings. The van der Waals surface area contributed by atoms with Gasteiger partial charge in [-0.3, -0.25) is 4.79 Å². The van der Waals surface area contributed by atoms with Gasteiger partial charge in [0.05, 0.1) is 7.11 Å². The number of ether oxygens (including phenoxy) is 1. The first-order valence-electron chi connectivity index (χ1n) is 6.55. The Labute approximate surface area is 112 Å². The quantitative estimate of drug-likeness (QED) is 0.808. The average molecular weight is 252 g/mol. The summed E-state index contributed by atoms with van der Waals surface area (Å²) in [5, 5.41) is 2.38. The van der Waals surface area contributed by atoms with Crippen LogP contribution in [0.1, 0.15) is 24.8 Å².